The van der Waals surface area contributed by atoms with Gasteiger partial charge in [-0.15, -0.1) is 5.10 Å². The van der Waals surface area contributed by atoms with Crippen molar-refractivity contribution in [3.05, 3.63) is 77.0 Å². The number of nitrogens with one attached hydrogen (secondary N) is 1. The van der Waals surface area contributed by atoms with E-state index in [-0.39, 0.29) is 5.69 Å². The zero-order valence-electron chi connectivity index (χ0n) is 18.4. The van der Waals surface area contributed by atoms with Crippen LogP contribution >= 0.6 is 0 Å². The van der Waals surface area contributed by atoms with Crippen LogP contribution in [0.15, 0.2) is 65.7 Å². The molecule has 2 N–H and O–H groups in total. The van der Waals surface area contributed by atoms with E-state index >= 15 is 0 Å². The number of para-hydroxylation sites is 2. The average molecular weight is 456 g/mol. The summed E-state index contributed by atoms with van der Waals surface area (Å²) in [5.41, 5.74) is 2.55. The van der Waals surface area contributed by atoms with E-state index in [0.717, 1.165) is 27.9 Å². The minimum absolute atomic E-state index is 0.301. The third kappa shape index (κ3) is 4.20. The molecule has 1 amide bonds. The highest BCUT2D eigenvalue weighted by Gasteiger charge is 2.13. The van der Waals surface area contributed by atoms with Gasteiger partial charge in [0.15, 0.2) is 11.5 Å². The predicted molar refractivity (Wildman–Crippen MR) is 126 cm³/mol. The van der Waals surface area contributed by atoms with Crippen molar-refractivity contribution in [3.63, 3.8) is 0 Å². The first-order valence-corrected chi connectivity index (χ1v) is 10.3. The van der Waals surface area contributed by atoms with Crippen molar-refractivity contribution < 1.29 is 9.90 Å². The molecule has 0 atom stereocenters. The molecular weight excluding hydrogens is 436 g/mol. The Bertz CT molecular complexity index is 1590. The standard InChI is InChI=1S/C14H12N6O.C9H8N2O2/c1-2-19-8-9(7-15-19)12-17-13-10-5-3-4-6-11(10)16-14(21)20(13)18-12;1-11(9(12)13)8-5-3-2-4-7(8)6-10/h3-8H,2H2,1H3,(H,16,21);2-5H,1H3,(H,12,13). The van der Waals surface area contributed by atoms with E-state index in [1.54, 1.807) is 35.1 Å². The second-order valence-electron chi connectivity index (χ2n) is 7.20. The van der Waals surface area contributed by atoms with Gasteiger partial charge in [0.2, 0.25) is 0 Å². The Balaban J connectivity index is 0.000000182. The molecule has 2 aromatic carbocycles. The highest BCUT2D eigenvalue weighted by molar-refractivity contribution is 5.91. The van der Waals surface area contributed by atoms with Gasteiger partial charge in [0.05, 0.1) is 28.5 Å². The molecule has 3 aromatic heterocycles. The highest BCUT2D eigenvalue weighted by atomic mass is 16.4. The fourth-order valence-corrected chi connectivity index (χ4v) is 3.32. The first kappa shape index (κ1) is 22.2. The number of nitriles is 1. The molecule has 5 rings (SSSR count). The third-order valence-corrected chi connectivity index (χ3v) is 5.10. The molecule has 11 heteroatoms. The van der Waals surface area contributed by atoms with Crippen molar-refractivity contribution in [3.8, 4) is 17.5 Å². The molecule has 5 aromatic rings. The number of amides is 1. The zero-order valence-corrected chi connectivity index (χ0v) is 18.4. The lowest BCUT2D eigenvalue weighted by Gasteiger charge is -2.13. The summed E-state index contributed by atoms with van der Waals surface area (Å²) < 4.78 is 3.09. The molecule has 0 unspecified atom stereocenters. The maximum Gasteiger partial charge on any atom is 0.411 e. The van der Waals surface area contributed by atoms with E-state index in [0.29, 0.717) is 22.7 Å². The van der Waals surface area contributed by atoms with E-state index in [1.165, 1.54) is 11.6 Å². The molecule has 0 saturated heterocycles. The fourth-order valence-electron chi connectivity index (χ4n) is 3.32. The van der Waals surface area contributed by atoms with Crippen molar-refractivity contribution in [2.45, 2.75) is 13.5 Å². The van der Waals surface area contributed by atoms with Crippen LogP contribution in [0.1, 0.15) is 12.5 Å². The van der Waals surface area contributed by atoms with E-state index < -0.39 is 6.09 Å². The number of anilines is 1. The molecule has 0 radical (unpaired) electrons. The van der Waals surface area contributed by atoms with Crippen molar-refractivity contribution in [1.29, 1.82) is 5.26 Å². The second kappa shape index (κ2) is 9.25. The zero-order chi connectivity index (χ0) is 24.2. The summed E-state index contributed by atoms with van der Waals surface area (Å²) in [5.74, 6) is 0.497. The summed E-state index contributed by atoms with van der Waals surface area (Å²) in [6, 6.07) is 16.0. The molecule has 0 aliphatic heterocycles. The number of rotatable bonds is 3. The summed E-state index contributed by atoms with van der Waals surface area (Å²) >= 11 is 0. The first-order chi connectivity index (χ1) is 16.4. The van der Waals surface area contributed by atoms with Gasteiger partial charge in [-0.2, -0.15) is 14.9 Å². The van der Waals surface area contributed by atoms with Gasteiger partial charge in [-0.25, -0.2) is 14.6 Å². The third-order valence-electron chi connectivity index (χ3n) is 5.10. The van der Waals surface area contributed by atoms with Crippen LogP contribution in [-0.4, -0.2) is 47.6 Å². The van der Waals surface area contributed by atoms with Crippen LogP contribution in [0.5, 0.6) is 0 Å². The Labute approximate surface area is 193 Å². The molecular formula is C23H20N8O3. The van der Waals surface area contributed by atoms with Crippen LogP contribution in [0, 0.1) is 11.3 Å². The number of H-pyrrole nitrogens is 1. The minimum Gasteiger partial charge on any atom is -0.465 e. The van der Waals surface area contributed by atoms with Crippen molar-refractivity contribution in [2.24, 2.45) is 0 Å². The van der Waals surface area contributed by atoms with Crippen molar-refractivity contribution in [1.82, 2.24) is 29.4 Å². The molecule has 34 heavy (non-hydrogen) atoms. The number of aryl methyl sites for hydroxylation is 1. The topological polar surface area (TPSA) is 145 Å². The van der Waals surface area contributed by atoms with Crippen LogP contribution in [0.2, 0.25) is 0 Å². The van der Waals surface area contributed by atoms with Crippen molar-refractivity contribution in [2.75, 3.05) is 11.9 Å². The van der Waals surface area contributed by atoms with E-state index in [2.05, 4.69) is 20.2 Å². The molecule has 170 valence electrons. The van der Waals surface area contributed by atoms with Crippen LogP contribution < -0.4 is 10.6 Å². The summed E-state index contributed by atoms with van der Waals surface area (Å²) in [5, 5.41) is 26.7. The second-order valence-corrected chi connectivity index (χ2v) is 7.20. The predicted octanol–water partition coefficient (Wildman–Crippen LogP) is 3.13. The molecule has 0 spiro atoms. The lowest BCUT2D eigenvalue weighted by molar-refractivity contribution is 0.203. The molecule has 0 saturated carbocycles. The summed E-state index contributed by atoms with van der Waals surface area (Å²) in [4.78, 5) is 31.0. The summed E-state index contributed by atoms with van der Waals surface area (Å²) in [6.45, 7) is 2.78. The number of aromatic amines is 1. The van der Waals surface area contributed by atoms with Gasteiger partial charge < -0.3 is 10.1 Å². The monoisotopic (exact) mass is 456 g/mol. The Hall–Kier alpha value is -4.98. The largest absolute Gasteiger partial charge is 0.465 e. The van der Waals surface area contributed by atoms with Gasteiger partial charge in [-0.3, -0.25) is 9.58 Å². The van der Waals surface area contributed by atoms with Gasteiger partial charge in [0.1, 0.15) is 6.07 Å². The van der Waals surface area contributed by atoms with Crippen LogP contribution in [0.25, 0.3) is 27.9 Å². The van der Waals surface area contributed by atoms with Crippen LogP contribution in [0.3, 0.4) is 0 Å². The molecule has 0 fully saturated rings. The Morgan fingerprint density at radius 1 is 1.21 bits per heavy atom. The number of fused-ring (bicyclic) bond motifs is 3. The highest BCUT2D eigenvalue weighted by Crippen LogP contribution is 2.19. The quantitative estimate of drug-likeness (QED) is 0.424. The van der Waals surface area contributed by atoms with Gasteiger partial charge in [-0.1, -0.05) is 24.3 Å². The van der Waals surface area contributed by atoms with Gasteiger partial charge in [-0.05, 0) is 31.2 Å². The van der Waals surface area contributed by atoms with Gasteiger partial charge in [0.25, 0.3) is 0 Å². The number of hydrogen-bond acceptors (Lipinski definition) is 6. The SMILES string of the molecule is CCn1cc(-c2nc3c4ccccc4[nH]c(=O)n3n2)cn1.CN(C(=O)O)c1ccccc1C#N. The average Bonchev–Trinajstić information content (AvgIpc) is 3.52. The van der Waals surface area contributed by atoms with Crippen LogP contribution in [0.4, 0.5) is 10.5 Å². The maximum atomic E-state index is 12.1. The molecule has 11 nitrogen and oxygen atoms in total. The normalized spacial score (nSPS) is 10.5. The molecule has 0 aliphatic carbocycles. The number of benzene rings is 2. The Morgan fingerprint density at radius 2 is 1.94 bits per heavy atom. The molecule has 0 aliphatic rings. The lowest BCUT2D eigenvalue weighted by atomic mass is 10.2. The van der Waals surface area contributed by atoms with Crippen LogP contribution in [-0.2, 0) is 6.54 Å². The number of carboxylic acid groups (broad SMARTS) is 1. The van der Waals surface area contributed by atoms with Crippen molar-refractivity contribution >= 4 is 28.3 Å². The molecule has 0 bridgehead atoms. The van der Waals surface area contributed by atoms with E-state index in [9.17, 15) is 9.59 Å². The smallest absolute Gasteiger partial charge is 0.411 e. The number of carbonyl (C=O) groups is 1. The van der Waals surface area contributed by atoms with E-state index in [1.807, 2.05) is 43.5 Å². The molecule has 3 heterocycles. The first-order valence-electron chi connectivity index (χ1n) is 10.3. The summed E-state index contributed by atoms with van der Waals surface area (Å²) in [6.07, 6.45) is 2.49. The maximum absolute atomic E-state index is 12.1. The number of aromatic nitrogens is 6. The fraction of sp³-hybridized carbons (Fsp3) is 0.130. The Morgan fingerprint density at radius 3 is 2.65 bits per heavy atom. The summed E-state index contributed by atoms with van der Waals surface area (Å²) in [7, 11) is 1.40. The number of nitrogens with zero attached hydrogens (tertiary/aromatic N) is 7. The van der Waals surface area contributed by atoms with E-state index in [4.69, 9.17) is 10.4 Å². The lowest BCUT2D eigenvalue weighted by Crippen LogP contribution is -2.24. The minimum atomic E-state index is -1.08. The Kier molecular flexibility index (Phi) is 6.05. The van der Waals surface area contributed by atoms with Gasteiger partial charge >= 0.3 is 11.8 Å². The number of hydrogen-bond donors (Lipinski definition) is 2. The van der Waals surface area contributed by atoms with Gasteiger partial charge in [0, 0.05) is 25.2 Å².